The van der Waals surface area contributed by atoms with Crippen LogP contribution in [0.15, 0.2) is 30.3 Å². The highest BCUT2D eigenvalue weighted by Crippen LogP contribution is 2.14. The van der Waals surface area contributed by atoms with Crippen LogP contribution in [0.5, 0.6) is 0 Å². The van der Waals surface area contributed by atoms with Crippen LogP contribution in [0.25, 0.3) is 0 Å². The summed E-state index contributed by atoms with van der Waals surface area (Å²) < 4.78 is 32.6. The molecule has 0 unspecified atom stereocenters. The minimum atomic E-state index is -5.08. The zero-order chi connectivity index (χ0) is 13.7. The molecule has 0 saturated heterocycles. The number of rotatable bonds is 1. The van der Waals surface area contributed by atoms with Gasteiger partial charge in [0.25, 0.3) is 0 Å². The molecule has 0 bridgehead atoms. The minimum absolute atomic E-state index is 0.890. The summed E-state index contributed by atoms with van der Waals surface area (Å²) in [5.41, 5.74) is 1.34. The van der Waals surface area contributed by atoms with Crippen LogP contribution >= 0.6 is 0 Å². The van der Waals surface area contributed by atoms with Gasteiger partial charge in [0.2, 0.25) is 0 Å². The van der Waals surface area contributed by atoms with E-state index in [0.717, 1.165) is 4.48 Å². The summed E-state index contributed by atoms with van der Waals surface area (Å²) in [5.74, 6) is -2.76. The van der Waals surface area contributed by atoms with E-state index in [1.165, 1.54) is 5.69 Å². The number of hydrogen-bond donors (Lipinski definition) is 1. The zero-order valence-corrected chi connectivity index (χ0v) is 9.82. The molecule has 0 heterocycles. The van der Waals surface area contributed by atoms with Crippen molar-refractivity contribution in [2.24, 2.45) is 0 Å². The van der Waals surface area contributed by atoms with Crippen molar-refractivity contribution in [3.05, 3.63) is 30.3 Å². The predicted octanol–water partition coefficient (Wildman–Crippen LogP) is 2.52. The van der Waals surface area contributed by atoms with Gasteiger partial charge in [0.15, 0.2) is 0 Å². The Morgan fingerprint density at radius 1 is 1.12 bits per heavy atom. The van der Waals surface area contributed by atoms with Gasteiger partial charge in [0.05, 0.1) is 21.1 Å². The normalized spacial score (nSPS) is 11.4. The van der Waals surface area contributed by atoms with E-state index in [9.17, 15) is 13.2 Å². The predicted molar refractivity (Wildman–Crippen MR) is 59.7 cm³/mol. The fourth-order valence-electron chi connectivity index (χ4n) is 0.875. The van der Waals surface area contributed by atoms with Crippen molar-refractivity contribution in [3.8, 4) is 0 Å². The van der Waals surface area contributed by atoms with Gasteiger partial charge < -0.3 is 5.11 Å². The Labute approximate surface area is 97.7 Å². The van der Waals surface area contributed by atoms with E-state index in [0.29, 0.717) is 0 Å². The molecule has 1 aromatic rings. The van der Waals surface area contributed by atoms with Crippen LogP contribution in [0.4, 0.5) is 18.9 Å². The standard InChI is InChI=1S/C9H14N.C2HF3O2/c1-10(2,3)9-7-5-4-6-8-9;3-2(4,5)1(6)7/h4-8H,1-3H3;(H,6,7)/q+1;. The third-order valence-electron chi connectivity index (χ3n) is 1.77. The first kappa shape index (κ1) is 15.4. The van der Waals surface area contributed by atoms with Crippen LogP contribution in [0.1, 0.15) is 0 Å². The maximum absolute atomic E-state index is 10.6. The lowest BCUT2D eigenvalue weighted by Gasteiger charge is -2.22. The van der Waals surface area contributed by atoms with E-state index in [1.807, 2.05) is 6.07 Å². The van der Waals surface area contributed by atoms with Gasteiger partial charge in [-0.3, -0.25) is 4.48 Å². The highest BCUT2D eigenvalue weighted by atomic mass is 19.4. The number of halogens is 3. The number of hydrogen-bond acceptors (Lipinski definition) is 1. The second-order valence-corrected chi connectivity index (χ2v) is 4.15. The average molecular weight is 250 g/mol. The molecular weight excluding hydrogens is 235 g/mol. The Bertz CT molecular complexity index is 355. The highest BCUT2D eigenvalue weighted by molar-refractivity contribution is 5.73. The van der Waals surface area contributed by atoms with Gasteiger partial charge in [-0.1, -0.05) is 18.2 Å². The Balaban J connectivity index is 0.000000325. The maximum atomic E-state index is 10.6. The molecule has 0 fully saturated rings. The van der Waals surface area contributed by atoms with Gasteiger partial charge in [0, 0.05) is 0 Å². The number of nitrogens with zero attached hydrogens (tertiary/aromatic N) is 1. The molecule has 0 aliphatic carbocycles. The first-order valence-corrected chi connectivity index (χ1v) is 4.72. The molecule has 0 radical (unpaired) electrons. The van der Waals surface area contributed by atoms with Crippen LogP contribution in [0, 0.1) is 0 Å². The first-order chi connectivity index (χ1) is 7.55. The first-order valence-electron chi connectivity index (χ1n) is 4.72. The summed E-state index contributed by atoms with van der Waals surface area (Å²) >= 11 is 0. The second kappa shape index (κ2) is 5.67. The lowest BCUT2D eigenvalue weighted by atomic mass is 10.3. The van der Waals surface area contributed by atoms with E-state index in [1.54, 1.807) is 0 Å². The van der Waals surface area contributed by atoms with Crippen LogP contribution in [0.2, 0.25) is 0 Å². The number of quaternary nitrogens is 1. The van der Waals surface area contributed by atoms with Crippen molar-refractivity contribution in [1.82, 2.24) is 4.48 Å². The van der Waals surface area contributed by atoms with Crippen molar-refractivity contribution in [2.75, 3.05) is 21.1 Å². The third kappa shape index (κ3) is 6.57. The highest BCUT2D eigenvalue weighted by Gasteiger charge is 2.38. The number of carbonyl (C=O) groups is 1. The number of aliphatic carboxylic acids is 1. The molecule has 0 saturated carbocycles. The third-order valence-corrected chi connectivity index (χ3v) is 1.77. The van der Waals surface area contributed by atoms with Crippen molar-refractivity contribution in [3.63, 3.8) is 0 Å². The fourth-order valence-corrected chi connectivity index (χ4v) is 0.875. The quantitative estimate of drug-likeness (QED) is 0.777. The van der Waals surface area contributed by atoms with E-state index in [-0.39, 0.29) is 0 Å². The molecule has 17 heavy (non-hydrogen) atoms. The summed E-state index contributed by atoms with van der Waals surface area (Å²) in [6, 6.07) is 10.5. The number of benzene rings is 1. The summed E-state index contributed by atoms with van der Waals surface area (Å²) in [4.78, 5) is 8.90. The molecule has 1 N–H and O–H groups in total. The number of para-hydroxylation sites is 1. The van der Waals surface area contributed by atoms with Crippen molar-refractivity contribution < 1.29 is 23.1 Å². The van der Waals surface area contributed by atoms with Crippen LogP contribution in [-0.2, 0) is 4.79 Å². The summed E-state index contributed by atoms with van der Waals surface area (Å²) in [6.07, 6.45) is -5.08. The van der Waals surface area contributed by atoms with Gasteiger partial charge in [-0.15, -0.1) is 0 Å². The lowest BCUT2D eigenvalue weighted by Crippen LogP contribution is -2.34. The molecule has 0 spiro atoms. The van der Waals surface area contributed by atoms with E-state index >= 15 is 0 Å². The smallest absolute Gasteiger partial charge is 0.475 e. The van der Waals surface area contributed by atoms with Crippen LogP contribution in [-0.4, -0.2) is 38.4 Å². The summed E-state index contributed by atoms with van der Waals surface area (Å²) in [7, 11) is 6.49. The van der Waals surface area contributed by atoms with E-state index in [4.69, 9.17) is 9.90 Å². The largest absolute Gasteiger partial charge is 0.490 e. The number of carboxylic acids is 1. The molecule has 0 aliphatic heterocycles. The molecule has 96 valence electrons. The Morgan fingerprint density at radius 2 is 1.47 bits per heavy atom. The van der Waals surface area contributed by atoms with Gasteiger partial charge in [-0.25, -0.2) is 4.79 Å². The summed E-state index contributed by atoms with van der Waals surface area (Å²) in [6.45, 7) is 0. The van der Waals surface area contributed by atoms with Crippen LogP contribution < -0.4 is 4.48 Å². The van der Waals surface area contributed by atoms with Crippen molar-refractivity contribution >= 4 is 11.7 Å². The number of carboxylic acid groups (broad SMARTS) is 1. The molecule has 0 aromatic heterocycles. The lowest BCUT2D eigenvalue weighted by molar-refractivity contribution is -0.192. The monoisotopic (exact) mass is 250 g/mol. The van der Waals surface area contributed by atoms with E-state index < -0.39 is 12.1 Å². The molecule has 0 atom stereocenters. The van der Waals surface area contributed by atoms with Gasteiger partial charge >= 0.3 is 12.1 Å². The van der Waals surface area contributed by atoms with Crippen molar-refractivity contribution in [1.29, 1.82) is 0 Å². The molecule has 6 heteroatoms. The van der Waals surface area contributed by atoms with Gasteiger partial charge in [-0.2, -0.15) is 13.2 Å². The Morgan fingerprint density at radius 3 is 1.65 bits per heavy atom. The molecule has 1 aromatic carbocycles. The number of alkyl halides is 3. The molecular formula is C11H15F3NO2+. The minimum Gasteiger partial charge on any atom is -0.475 e. The molecule has 3 nitrogen and oxygen atoms in total. The van der Waals surface area contributed by atoms with E-state index in [2.05, 4.69) is 45.4 Å². The zero-order valence-electron chi connectivity index (χ0n) is 9.82. The molecule has 0 aliphatic rings. The Hall–Kier alpha value is -1.56. The van der Waals surface area contributed by atoms with Crippen molar-refractivity contribution in [2.45, 2.75) is 6.18 Å². The average Bonchev–Trinajstić information content (AvgIpc) is 2.17. The SMILES string of the molecule is C[N+](C)(C)c1ccccc1.O=C(O)C(F)(F)F. The topological polar surface area (TPSA) is 37.3 Å². The second-order valence-electron chi connectivity index (χ2n) is 4.15. The molecule has 1 rings (SSSR count). The summed E-state index contributed by atoms with van der Waals surface area (Å²) in [5, 5.41) is 7.12. The van der Waals surface area contributed by atoms with Crippen LogP contribution in [0.3, 0.4) is 0 Å². The maximum Gasteiger partial charge on any atom is 0.490 e. The fraction of sp³-hybridized carbons (Fsp3) is 0.364. The Kier molecular flexibility index (Phi) is 5.15. The van der Waals surface area contributed by atoms with Gasteiger partial charge in [-0.05, 0) is 12.1 Å². The van der Waals surface area contributed by atoms with Gasteiger partial charge in [0.1, 0.15) is 5.69 Å². The molecule has 0 amide bonds.